The number of alkyl halides is 4. The van der Waals surface area contributed by atoms with E-state index in [0.29, 0.717) is 0 Å². The Morgan fingerprint density at radius 3 is 2.53 bits per heavy atom. The predicted octanol–water partition coefficient (Wildman–Crippen LogP) is 3.52. The van der Waals surface area contributed by atoms with E-state index in [2.05, 4.69) is 5.32 Å². The highest BCUT2D eigenvalue weighted by Crippen LogP contribution is 2.34. The van der Waals surface area contributed by atoms with Crippen molar-refractivity contribution in [2.75, 3.05) is 11.2 Å². The first-order valence-electron chi connectivity index (χ1n) is 4.89. The van der Waals surface area contributed by atoms with E-state index >= 15 is 0 Å². The third kappa shape index (κ3) is 3.63. The fraction of sp³-hybridized carbons (Fsp3) is 0.364. The number of rotatable bonds is 3. The summed E-state index contributed by atoms with van der Waals surface area (Å²) < 4.78 is 37.8. The highest BCUT2D eigenvalue weighted by Gasteiger charge is 2.33. The highest BCUT2D eigenvalue weighted by molar-refractivity contribution is 6.19. The van der Waals surface area contributed by atoms with E-state index in [1.54, 1.807) is 6.92 Å². The van der Waals surface area contributed by atoms with E-state index < -0.39 is 23.6 Å². The molecule has 0 heterocycles. The maximum absolute atomic E-state index is 12.6. The molecule has 0 aromatic heterocycles. The van der Waals surface area contributed by atoms with Crippen LogP contribution < -0.4 is 5.32 Å². The van der Waals surface area contributed by atoms with Crippen LogP contribution in [0.1, 0.15) is 12.5 Å². The number of hydrogen-bond acceptors (Lipinski definition) is 1. The Bertz CT molecular complexity index is 406. The number of halogens is 4. The average Bonchev–Trinajstić information content (AvgIpc) is 2.27. The topological polar surface area (TPSA) is 29.1 Å². The lowest BCUT2D eigenvalue weighted by Gasteiger charge is -2.15. The number of benzene rings is 1. The van der Waals surface area contributed by atoms with Gasteiger partial charge in [0.25, 0.3) is 0 Å². The Balaban J connectivity index is 2.96. The Morgan fingerprint density at radius 2 is 2.00 bits per heavy atom. The van der Waals surface area contributed by atoms with Crippen molar-refractivity contribution in [1.82, 2.24) is 0 Å². The molecule has 0 fully saturated rings. The Labute approximate surface area is 102 Å². The number of nitrogens with one attached hydrogen (secondary N) is 1. The van der Waals surface area contributed by atoms with Crippen molar-refractivity contribution in [1.29, 1.82) is 0 Å². The molecule has 0 aliphatic rings. The van der Waals surface area contributed by atoms with Crippen LogP contribution >= 0.6 is 11.6 Å². The van der Waals surface area contributed by atoms with Crippen LogP contribution in [-0.2, 0) is 11.0 Å². The van der Waals surface area contributed by atoms with E-state index in [1.165, 1.54) is 18.2 Å². The summed E-state index contributed by atoms with van der Waals surface area (Å²) in [6, 6.07) is 4.82. The SMILES string of the molecule is CC(CCl)C(=O)Nc1ccccc1C(F)(F)F. The van der Waals surface area contributed by atoms with Crippen molar-refractivity contribution in [2.45, 2.75) is 13.1 Å². The summed E-state index contributed by atoms with van der Waals surface area (Å²) >= 11 is 5.46. The first-order valence-corrected chi connectivity index (χ1v) is 5.42. The van der Waals surface area contributed by atoms with Crippen LogP contribution in [0.3, 0.4) is 0 Å². The van der Waals surface area contributed by atoms with Gasteiger partial charge < -0.3 is 5.32 Å². The van der Waals surface area contributed by atoms with Gasteiger partial charge in [0.05, 0.1) is 11.3 Å². The van der Waals surface area contributed by atoms with Crippen molar-refractivity contribution in [3.63, 3.8) is 0 Å². The van der Waals surface area contributed by atoms with Crippen LogP contribution in [0.5, 0.6) is 0 Å². The van der Waals surface area contributed by atoms with Gasteiger partial charge in [0.1, 0.15) is 0 Å². The van der Waals surface area contributed by atoms with Gasteiger partial charge in [0.15, 0.2) is 0 Å². The molecule has 6 heteroatoms. The number of amides is 1. The molecule has 1 aromatic rings. The normalized spacial score (nSPS) is 13.2. The van der Waals surface area contributed by atoms with Gasteiger partial charge in [0, 0.05) is 11.8 Å². The maximum Gasteiger partial charge on any atom is 0.418 e. The van der Waals surface area contributed by atoms with E-state index in [1.807, 2.05) is 0 Å². The van der Waals surface area contributed by atoms with Crippen LogP contribution in [0.15, 0.2) is 24.3 Å². The molecule has 17 heavy (non-hydrogen) atoms. The minimum atomic E-state index is -4.49. The summed E-state index contributed by atoms with van der Waals surface area (Å²) in [6.45, 7) is 1.54. The molecule has 1 unspecified atom stereocenters. The Morgan fingerprint density at radius 1 is 1.41 bits per heavy atom. The second-order valence-electron chi connectivity index (χ2n) is 3.59. The zero-order valence-electron chi connectivity index (χ0n) is 9.01. The summed E-state index contributed by atoms with van der Waals surface area (Å²) in [6.07, 6.45) is -4.49. The van der Waals surface area contributed by atoms with Crippen molar-refractivity contribution in [3.8, 4) is 0 Å². The Kier molecular flexibility index (Phi) is 4.40. The summed E-state index contributed by atoms with van der Waals surface area (Å²) in [5.74, 6) is -1.02. The standard InChI is InChI=1S/C11H11ClF3NO/c1-7(6-12)10(17)16-9-5-3-2-4-8(9)11(13,14)15/h2-5,7H,6H2,1H3,(H,16,17). The minimum absolute atomic E-state index is 0.0556. The number of carbonyl (C=O) groups excluding carboxylic acids is 1. The van der Waals surface area contributed by atoms with Gasteiger partial charge in [-0.3, -0.25) is 4.79 Å². The first kappa shape index (κ1) is 13.8. The van der Waals surface area contributed by atoms with Crippen LogP contribution in [0.25, 0.3) is 0 Å². The number of hydrogen-bond donors (Lipinski definition) is 1. The van der Waals surface area contributed by atoms with Crippen LogP contribution in [0.2, 0.25) is 0 Å². The predicted molar refractivity (Wildman–Crippen MR) is 60.0 cm³/mol. The lowest BCUT2D eigenvalue weighted by molar-refractivity contribution is -0.137. The van der Waals surface area contributed by atoms with Crippen LogP contribution in [0, 0.1) is 5.92 Å². The molecule has 0 saturated heterocycles. The van der Waals surface area contributed by atoms with Gasteiger partial charge >= 0.3 is 6.18 Å². The molecule has 0 bridgehead atoms. The molecular formula is C11H11ClF3NO. The molecule has 1 aromatic carbocycles. The van der Waals surface area contributed by atoms with Crippen molar-refractivity contribution >= 4 is 23.2 Å². The summed E-state index contributed by atoms with van der Waals surface area (Å²) in [5, 5.41) is 2.22. The van der Waals surface area contributed by atoms with Gasteiger partial charge in [-0.15, -0.1) is 11.6 Å². The highest BCUT2D eigenvalue weighted by atomic mass is 35.5. The van der Waals surface area contributed by atoms with Gasteiger partial charge in [-0.2, -0.15) is 13.2 Å². The summed E-state index contributed by atoms with van der Waals surface area (Å²) in [4.78, 5) is 11.5. The molecule has 1 rings (SSSR count). The zero-order chi connectivity index (χ0) is 13.1. The number of carbonyl (C=O) groups is 1. The molecule has 0 radical (unpaired) electrons. The monoisotopic (exact) mass is 265 g/mol. The van der Waals surface area contributed by atoms with Gasteiger partial charge in [-0.05, 0) is 12.1 Å². The molecular weight excluding hydrogens is 255 g/mol. The Hall–Kier alpha value is -1.23. The summed E-state index contributed by atoms with van der Waals surface area (Å²) in [5.41, 5.74) is -1.11. The third-order valence-electron chi connectivity index (χ3n) is 2.17. The first-order chi connectivity index (χ1) is 7.86. The van der Waals surface area contributed by atoms with Crippen molar-refractivity contribution < 1.29 is 18.0 Å². The maximum atomic E-state index is 12.6. The van der Waals surface area contributed by atoms with E-state index in [-0.39, 0.29) is 11.6 Å². The minimum Gasteiger partial charge on any atom is -0.325 e. The number of para-hydroxylation sites is 1. The smallest absolute Gasteiger partial charge is 0.325 e. The van der Waals surface area contributed by atoms with Gasteiger partial charge in [0.2, 0.25) is 5.91 Å². The van der Waals surface area contributed by atoms with E-state index in [0.717, 1.165) is 6.07 Å². The summed E-state index contributed by atoms with van der Waals surface area (Å²) in [7, 11) is 0. The quantitative estimate of drug-likeness (QED) is 0.833. The lowest BCUT2D eigenvalue weighted by atomic mass is 10.1. The van der Waals surface area contributed by atoms with Crippen molar-refractivity contribution in [3.05, 3.63) is 29.8 Å². The van der Waals surface area contributed by atoms with Crippen LogP contribution in [0.4, 0.5) is 18.9 Å². The molecule has 0 aliphatic heterocycles. The molecule has 2 nitrogen and oxygen atoms in total. The fourth-order valence-corrected chi connectivity index (χ4v) is 1.31. The van der Waals surface area contributed by atoms with Crippen molar-refractivity contribution in [2.24, 2.45) is 5.92 Å². The van der Waals surface area contributed by atoms with E-state index in [4.69, 9.17) is 11.6 Å². The zero-order valence-corrected chi connectivity index (χ0v) is 9.77. The second-order valence-corrected chi connectivity index (χ2v) is 3.90. The molecule has 1 atom stereocenters. The van der Waals surface area contributed by atoms with Gasteiger partial charge in [-0.1, -0.05) is 19.1 Å². The lowest BCUT2D eigenvalue weighted by Crippen LogP contribution is -2.23. The largest absolute Gasteiger partial charge is 0.418 e. The number of anilines is 1. The molecule has 94 valence electrons. The molecule has 0 spiro atoms. The third-order valence-corrected chi connectivity index (χ3v) is 2.63. The van der Waals surface area contributed by atoms with Crippen LogP contribution in [-0.4, -0.2) is 11.8 Å². The second kappa shape index (κ2) is 5.40. The molecule has 0 aliphatic carbocycles. The van der Waals surface area contributed by atoms with E-state index in [9.17, 15) is 18.0 Å². The fourth-order valence-electron chi connectivity index (χ4n) is 1.17. The van der Waals surface area contributed by atoms with Gasteiger partial charge in [-0.25, -0.2) is 0 Å². The molecule has 1 amide bonds. The molecule has 1 N–H and O–H groups in total. The molecule has 0 saturated carbocycles. The average molecular weight is 266 g/mol.